The van der Waals surface area contributed by atoms with E-state index in [-0.39, 0.29) is 18.1 Å². The molecule has 3 heteroatoms. The zero-order valence-electron chi connectivity index (χ0n) is 7.72. The number of allylic oxidation sites excluding steroid dienone is 1. The lowest BCUT2D eigenvalue weighted by atomic mass is 9.97. The van der Waals surface area contributed by atoms with E-state index in [2.05, 4.69) is 11.3 Å². The molecule has 0 aliphatic heterocycles. The van der Waals surface area contributed by atoms with Crippen LogP contribution in [0.2, 0.25) is 0 Å². The summed E-state index contributed by atoms with van der Waals surface area (Å²) in [6.07, 6.45) is -0.162. The standard InChI is InChI=1S/C9H14O3/c1-6(2)7(3)8(10)5-9(11)12-4/h7H,1,5H2,2-4H3. The molecule has 0 aromatic rings. The van der Waals surface area contributed by atoms with Gasteiger partial charge in [-0.2, -0.15) is 0 Å². The Balaban J connectivity index is 4.04. The Hall–Kier alpha value is -1.12. The van der Waals surface area contributed by atoms with Crippen LogP contribution in [-0.2, 0) is 14.3 Å². The van der Waals surface area contributed by atoms with Crippen LogP contribution in [0, 0.1) is 5.92 Å². The van der Waals surface area contributed by atoms with Gasteiger partial charge in [0, 0.05) is 5.92 Å². The molecule has 0 N–H and O–H groups in total. The van der Waals surface area contributed by atoms with Gasteiger partial charge in [-0.05, 0) is 6.92 Å². The topological polar surface area (TPSA) is 43.4 Å². The first-order chi connectivity index (χ1) is 5.49. The van der Waals surface area contributed by atoms with Crippen molar-refractivity contribution < 1.29 is 14.3 Å². The zero-order valence-corrected chi connectivity index (χ0v) is 7.72. The van der Waals surface area contributed by atoms with E-state index in [0.717, 1.165) is 5.57 Å². The van der Waals surface area contributed by atoms with Gasteiger partial charge >= 0.3 is 5.97 Å². The highest BCUT2D eigenvalue weighted by atomic mass is 16.5. The summed E-state index contributed by atoms with van der Waals surface area (Å²) >= 11 is 0. The summed E-state index contributed by atoms with van der Waals surface area (Å²) in [5, 5.41) is 0. The van der Waals surface area contributed by atoms with Crippen LogP contribution < -0.4 is 0 Å². The lowest BCUT2D eigenvalue weighted by Gasteiger charge is -2.07. The van der Waals surface area contributed by atoms with E-state index in [0.29, 0.717) is 0 Å². The van der Waals surface area contributed by atoms with E-state index < -0.39 is 5.97 Å². The molecule has 0 fully saturated rings. The summed E-state index contributed by atoms with van der Waals surface area (Å²) in [5.41, 5.74) is 0.768. The summed E-state index contributed by atoms with van der Waals surface area (Å²) in [5.74, 6) is -0.897. The minimum absolute atomic E-state index is 0.144. The second-order valence-corrected chi connectivity index (χ2v) is 2.79. The van der Waals surface area contributed by atoms with Crippen molar-refractivity contribution in [3.63, 3.8) is 0 Å². The molecule has 0 bridgehead atoms. The van der Waals surface area contributed by atoms with Gasteiger partial charge in [0.25, 0.3) is 0 Å². The highest BCUT2D eigenvalue weighted by molar-refractivity contribution is 5.97. The molecule has 0 saturated carbocycles. The zero-order chi connectivity index (χ0) is 9.72. The van der Waals surface area contributed by atoms with Gasteiger partial charge in [0.2, 0.25) is 0 Å². The molecular formula is C9H14O3. The summed E-state index contributed by atoms with van der Waals surface area (Å²) in [6.45, 7) is 7.13. The molecule has 0 saturated heterocycles. The molecule has 1 atom stereocenters. The maximum Gasteiger partial charge on any atom is 0.313 e. The highest BCUT2D eigenvalue weighted by Crippen LogP contribution is 2.10. The van der Waals surface area contributed by atoms with Crippen molar-refractivity contribution in [3.05, 3.63) is 12.2 Å². The van der Waals surface area contributed by atoms with Gasteiger partial charge < -0.3 is 4.74 Å². The van der Waals surface area contributed by atoms with Crippen LogP contribution in [0.15, 0.2) is 12.2 Å². The van der Waals surface area contributed by atoms with Gasteiger partial charge in [-0.15, -0.1) is 0 Å². The number of carbonyl (C=O) groups is 2. The summed E-state index contributed by atoms with van der Waals surface area (Å²) < 4.78 is 4.36. The fourth-order valence-corrected chi connectivity index (χ4v) is 0.642. The molecule has 0 rings (SSSR count). The quantitative estimate of drug-likeness (QED) is 0.363. The van der Waals surface area contributed by atoms with E-state index in [9.17, 15) is 9.59 Å². The van der Waals surface area contributed by atoms with Gasteiger partial charge in [-0.1, -0.05) is 19.1 Å². The lowest BCUT2D eigenvalue weighted by molar-refractivity contribution is -0.143. The second-order valence-electron chi connectivity index (χ2n) is 2.79. The van der Waals surface area contributed by atoms with Crippen LogP contribution in [0.4, 0.5) is 0 Å². The SMILES string of the molecule is C=C(C)C(C)C(=O)CC(=O)OC. The number of rotatable bonds is 4. The van der Waals surface area contributed by atoms with Crippen molar-refractivity contribution in [2.75, 3.05) is 7.11 Å². The largest absolute Gasteiger partial charge is 0.469 e. The molecule has 0 radical (unpaired) electrons. The van der Waals surface area contributed by atoms with Crippen molar-refractivity contribution in [1.29, 1.82) is 0 Å². The summed E-state index contributed by atoms with van der Waals surface area (Å²) in [4.78, 5) is 21.9. The van der Waals surface area contributed by atoms with Crippen molar-refractivity contribution in [3.8, 4) is 0 Å². The Morgan fingerprint density at radius 3 is 2.33 bits per heavy atom. The average Bonchev–Trinajstić information content (AvgIpc) is 2.02. The Labute approximate surface area is 72.4 Å². The first-order valence-corrected chi connectivity index (χ1v) is 3.74. The predicted molar refractivity (Wildman–Crippen MR) is 45.6 cm³/mol. The van der Waals surface area contributed by atoms with Crippen molar-refractivity contribution in [2.45, 2.75) is 20.3 Å². The fraction of sp³-hybridized carbons (Fsp3) is 0.556. The number of carbonyl (C=O) groups excluding carboxylic acids is 2. The third kappa shape index (κ3) is 3.32. The Kier molecular flexibility index (Phi) is 4.26. The van der Waals surface area contributed by atoms with Gasteiger partial charge in [0.1, 0.15) is 6.42 Å². The molecule has 68 valence electrons. The normalized spacial score (nSPS) is 11.9. The monoisotopic (exact) mass is 170 g/mol. The van der Waals surface area contributed by atoms with E-state index in [1.54, 1.807) is 13.8 Å². The molecule has 0 spiro atoms. The Bertz CT molecular complexity index is 206. The van der Waals surface area contributed by atoms with Crippen LogP contribution in [0.1, 0.15) is 20.3 Å². The Morgan fingerprint density at radius 2 is 2.00 bits per heavy atom. The van der Waals surface area contributed by atoms with Crippen molar-refractivity contribution >= 4 is 11.8 Å². The Morgan fingerprint density at radius 1 is 1.50 bits per heavy atom. The minimum atomic E-state index is -0.492. The number of methoxy groups -OCH3 is 1. The van der Waals surface area contributed by atoms with Crippen LogP contribution in [0.25, 0.3) is 0 Å². The van der Waals surface area contributed by atoms with E-state index >= 15 is 0 Å². The average molecular weight is 170 g/mol. The highest BCUT2D eigenvalue weighted by Gasteiger charge is 2.16. The maximum atomic E-state index is 11.2. The summed E-state index contributed by atoms with van der Waals surface area (Å²) in [7, 11) is 1.26. The molecule has 3 nitrogen and oxygen atoms in total. The molecule has 0 aromatic heterocycles. The lowest BCUT2D eigenvalue weighted by Crippen LogP contribution is -2.16. The van der Waals surface area contributed by atoms with Crippen molar-refractivity contribution in [2.24, 2.45) is 5.92 Å². The third-order valence-corrected chi connectivity index (χ3v) is 1.77. The number of hydrogen-bond donors (Lipinski definition) is 0. The number of ketones is 1. The number of esters is 1. The van der Waals surface area contributed by atoms with Crippen LogP contribution in [-0.4, -0.2) is 18.9 Å². The smallest absolute Gasteiger partial charge is 0.313 e. The molecule has 0 amide bonds. The van der Waals surface area contributed by atoms with Crippen LogP contribution in [0.3, 0.4) is 0 Å². The van der Waals surface area contributed by atoms with Gasteiger partial charge in [-0.25, -0.2) is 0 Å². The molecule has 0 aliphatic rings. The molecule has 0 heterocycles. The first-order valence-electron chi connectivity index (χ1n) is 3.74. The summed E-state index contributed by atoms with van der Waals surface area (Å²) in [6, 6.07) is 0. The molecule has 0 aliphatic carbocycles. The number of ether oxygens (including phenoxy) is 1. The van der Waals surface area contributed by atoms with E-state index in [4.69, 9.17) is 0 Å². The van der Waals surface area contributed by atoms with Crippen LogP contribution in [0.5, 0.6) is 0 Å². The third-order valence-electron chi connectivity index (χ3n) is 1.77. The number of hydrogen-bond acceptors (Lipinski definition) is 3. The second kappa shape index (κ2) is 4.70. The first kappa shape index (κ1) is 10.9. The van der Waals surface area contributed by atoms with E-state index in [1.807, 2.05) is 0 Å². The maximum absolute atomic E-state index is 11.2. The molecule has 1 unspecified atom stereocenters. The minimum Gasteiger partial charge on any atom is -0.469 e. The molecule has 0 aromatic carbocycles. The van der Waals surface area contributed by atoms with Gasteiger partial charge in [0.05, 0.1) is 7.11 Å². The van der Waals surface area contributed by atoms with Gasteiger partial charge in [-0.3, -0.25) is 9.59 Å². The van der Waals surface area contributed by atoms with Gasteiger partial charge in [0.15, 0.2) is 5.78 Å². The number of Topliss-reactive ketones (excluding diaryl/α,β-unsaturated/α-hetero) is 1. The van der Waals surface area contributed by atoms with Crippen molar-refractivity contribution in [1.82, 2.24) is 0 Å². The van der Waals surface area contributed by atoms with Crippen LogP contribution >= 0.6 is 0 Å². The molecular weight excluding hydrogens is 156 g/mol. The molecule has 12 heavy (non-hydrogen) atoms. The fourth-order valence-electron chi connectivity index (χ4n) is 0.642. The van der Waals surface area contributed by atoms with E-state index in [1.165, 1.54) is 7.11 Å². The predicted octanol–water partition coefficient (Wildman–Crippen LogP) is 1.33.